The van der Waals surface area contributed by atoms with Crippen LogP contribution in [0.3, 0.4) is 0 Å². The Morgan fingerprint density at radius 2 is 1.88 bits per heavy atom. The van der Waals surface area contributed by atoms with Gasteiger partial charge in [0.15, 0.2) is 0 Å². The van der Waals surface area contributed by atoms with E-state index in [0.29, 0.717) is 17.0 Å². The number of pyridine rings is 2. The standard InChI is InChI=1S/C21H22N2OSi/c1-13-10-18(22-12-20(13)25(3,4)5)15-7-9-19-17(11-15)16-8-6-14(2)23-21(16)24-19/h6-12H,1-5H3/i1D3. The molecule has 0 bridgehead atoms. The van der Waals surface area contributed by atoms with Crippen LogP contribution in [0, 0.1) is 13.8 Å². The van der Waals surface area contributed by atoms with E-state index in [2.05, 4.69) is 29.6 Å². The summed E-state index contributed by atoms with van der Waals surface area (Å²) >= 11 is 0. The minimum atomic E-state index is -2.17. The largest absolute Gasteiger partial charge is 0.438 e. The van der Waals surface area contributed by atoms with Crippen LogP contribution in [0.4, 0.5) is 0 Å². The maximum absolute atomic E-state index is 7.99. The Hall–Kier alpha value is -2.46. The van der Waals surface area contributed by atoms with Crippen molar-refractivity contribution < 1.29 is 8.53 Å². The van der Waals surface area contributed by atoms with Crippen LogP contribution in [0.15, 0.2) is 47.0 Å². The molecule has 0 aliphatic rings. The fraction of sp³-hybridized carbons (Fsp3) is 0.238. The molecule has 3 heterocycles. The van der Waals surface area contributed by atoms with Crippen molar-refractivity contribution in [3.8, 4) is 11.3 Å². The van der Waals surface area contributed by atoms with Crippen molar-refractivity contribution in [2.45, 2.75) is 33.4 Å². The second kappa shape index (κ2) is 5.53. The van der Waals surface area contributed by atoms with Gasteiger partial charge in [0.05, 0.1) is 13.8 Å². The number of nitrogens with zero attached hydrogens (tertiary/aromatic N) is 2. The number of hydrogen-bond acceptors (Lipinski definition) is 3. The third kappa shape index (κ3) is 2.76. The lowest BCUT2D eigenvalue weighted by Crippen LogP contribution is -2.39. The van der Waals surface area contributed by atoms with E-state index in [-0.39, 0.29) is 0 Å². The number of furan rings is 1. The first-order valence-corrected chi connectivity index (χ1v) is 11.9. The molecule has 0 fully saturated rings. The third-order valence-electron chi connectivity index (χ3n) is 4.48. The minimum Gasteiger partial charge on any atom is -0.438 e. The second-order valence-electron chi connectivity index (χ2n) is 7.48. The first-order chi connectivity index (χ1) is 13.0. The highest BCUT2D eigenvalue weighted by Crippen LogP contribution is 2.31. The summed E-state index contributed by atoms with van der Waals surface area (Å²) in [5.41, 5.74) is 4.20. The molecule has 1 aromatic carbocycles. The summed E-state index contributed by atoms with van der Waals surface area (Å²) in [6.07, 6.45) is 1.76. The van der Waals surface area contributed by atoms with Crippen LogP contribution in [-0.2, 0) is 0 Å². The smallest absolute Gasteiger partial charge is 0.227 e. The fourth-order valence-electron chi connectivity index (χ4n) is 3.12. The van der Waals surface area contributed by atoms with Crippen molar-refractivity contribution in [2.24, 2.45) is 0 Å². The highest BCUT2D eigenvalue weighted by molar-refractivity contribution is 6.89. The molecule has 3 nitrogen and oxygen atoms in total. The number of benzene rings is 1. The lowest BCUT2D eigenvalue weighted by molar-refractivity contribution is 0.652. The highest BCUT2D eigenvalue weighted by atomic mass is 28.3. The van der Waals surface area contributed by atoms with Gasteiger partial charge in [-0.25, -0.2) is 4.98 Å². The van der Waals surface area contributed by atoms with Crippen molar-refractivity contribution in [2.75, 3.05) is 0 Å². The summed E-state index contributed by atoms with van der Waals surface area (Å²) in [4.78, 5) is 9.06. The third-order valence-corrected chi connectivity index (χ3v) is 6.50. The Bertz CT molecular complexity index is 1210. The fourth-order valence-corrected chi connectivity index (χ4v) is 4.45. The van der Waals surface area contributed by atoms with Gasteiger partial charge < -0.3 is 4.42 Å². The number of aromatic nitrogens is 2. The topological polar surface area (TPSA) is 38.9 Å². The zero-order chi connectivity index (χ0) is 20.3. The first-order valence-electron chi connectivity index (χ1n) is 9.85. The Morgan fingerprint density at radius 1 is 1.04 bits per heavy atom. The molecule has 0 atom stereocenters. The molecular weight excluding hydrogens is 324 g/mol. The minimum absolute atomic E-state index is 0.408. The summed E-state index contributed by atoms with van der Waals surface area (Å²) in [5, 5.41) is 2.77. The molecular formula is C21H22N2OSi. The summed E-state index contributed by atoms with van der Waals surface area (Å²) in [5.74, 6) is 0. The van der Waals surface area contributed by atoms with Gasteiger partial charge in [-0.1, -0.05) is 19.6 Å². The second-order valence-corrected chi connectivity index (χ2v) is 12.5. The van der Waals surface area contributed by atoms with Crippen LogP contribution in [0.2, 0.25) is 19.6 Å². The van der Waals surface area contributed by atoms with E-state index in [1.54, 1.807) is 12.3 Å². The molecule has 4 aromatic rings. The van der Waals surface area contributed by atoms with E-state index in [9.17, 15) is 0 Å². The van der Waals surface area contributed by atoms with E-state index in [1.807, 2.05) is 37.3 Å². The van der Waals surface area contributed by atoms with Gasteiger partial charge in [0.1, 0.15) is 5.58 Å². The van der Waals surface area contributed by atoms with Gasteiger partial charge in [-0.05, 0) is 60.9 Å². The Morgan fingerprint density at radius 3 is 2.64 bits per heavy atom. The zero-order valence-electron chi connectivity index (χ0n) is 17.8. The molecule has 0 aliphatic heterocycles. The average molecular weight is 350 g/mol. The van der Waals surface area contributed by atoms with Crippen LogP contribution < -0.4 is 5.19 Å². The van der Waals surface area contributed by atoms with E-state index >= 15 is 0 Å². The molecule has 3 aromatic heterocycles. The molecule has 0 amide bonds. The monoisotopic (exact) mass is 349 g/mol. The van der Waals surface area contributed by atoms with Gasteiger partial charge in [-0.15, -0.1) is 0 Å². The highest BCUT2D eigenvalue weighted by Gasteiger charge is 2.19. The van der Waals surface area contributed by atoms with E-state index in [1.165, 1.54) is 0 Å². The first kappa shape index (κ1) is 12.8. The van der Waals surface area contributed by atoms with Gasteiger partial charge >= 0.3 is 0 Å². The SMILES string of the molecule is [2H]C([2H])([2H])c1cc(-c2ccc3oc4nc(C)ccc4c3c2)ncc1[Si](C)(C)C. The molecule has 0 saturated heterocycles. The van der Waals surface area contributed by atoms with E-state index in [0.717, 1.165) is 32.8 Å². The summed E-state index contributed by atoms with van der Waals surface area (Å²) in [6.45, 7) is 6.17. The molecule has 0 radical (unpaired) electrons. The van der Waals surface area contributed by atoms with Crippen LogP contribution >= 0.6 is 0 Å². The molecule has 4 heteroatoms. The van der Waals surface area contributed by atoms with Crippen LogP contribution in [0.5, 0.6) is 0 Å². The normalized spacial score (nSPS) is 14.5. The van der Waals surface area contributed by atoms with E-state index < -0.39 is 14.9 Å². The number of fused-ring (bicyclic) bond motifs is 3. The predicted molar refractivity (Wildman–Crippen MR) is 107 cm³/mol. The lowest BCUT2D eigenvalue weighted by atomic mass is 10.1. The zero-order valence-corrected chi connectivity index (χ0v) is 15.8. The van der Waals surface area contributed by atoms with Crippen molar-refractivity contribution in [3.63, 3.8) is 0 Å². The van der Waals surface area contributed by atoms with Gasteiger partial charge in [-0.2, -0.15) is 0 Å². The molecule has 0 unspecified atom stereocenters. The summed E-state index contributed by atoms with van der Waals surface area (Å²) in [7, 11) is -1.83. The van der Waals surface area contributed by atoms with Crippen molar-refractivity contribution in [1.82, 2.24) is 9.97 Å². The molecule has 0 aliphatic carbocycles. The van der Waals surface area contributed by atoms with Gasteiger partial charge in [0, 0.05) is 32.3 Å². The quantitative estimate of drug-likeness (QED) is 0.467. The Labute approximate surface area is 153 Å². The maximum atomic E-state index is 7.99. The van der Waals surface area contributed by atoms with Gasteiger partial charge in [0.25, 0.3) is 0 Å². The summed E-state index contributed by atoms with van der Waals surface area (Å²) in [6, 6.07) is 11.5. The van der Waals surface area contributed by atoms with Crippen molar-refractivity contribution in [1.29, 1.82) is 0 Å². The van der Waals surface area contributed by atoms with Gasteiger partial charge in [-0.3, -0.25) is 4.98 Å². The van der Waals surface area contributed by atoms with Crippen LogP contribution in [-0.4, -0.2) is 18.0 Å². The van der Waals surface area contributed by atoms with Crippen LogP contribution in [0.1, 0.15) is 15.4 Å². The Kier molecular flexibility index (Phi) is 2.84. The molecule has 0 spiro atoms. The van der Waals surface area contributed by atoms with E-state index in [4.69, 9.17) is 8.53 Å². The lowest BCUT2D eigenvalue weighted by Gasteiger charge is -2.19. The summed E-state index contributed by atoms with van der Waals surface area (Å²) < 4.78 is 29.8. The average Bonchev–Trinajstić information content (AvgIpc) is 2.96. The molecule has 0 N–H and O–H groups in total. The molecule has 0 saturated carbocycles. The molecule has 126 valence electrons. The maximum Gasteiger partial charge on any atom is 0.227 e. The number of aryl methyl sites for hydroxylation is 2. The molecule has 4 rings (SSSR count). The number of rotatable bonds is 2. The van der Waals surface area contributed by atoms with Gasteiger partial charge in [0.2, 0.25) is 5.71 Å². The number of hydrogen-bond donors (Lipinski definition) is 0. The molecule has 25 heavy (non-hydrogen) atoms. The van der Waals surface area contributed by atoms with Crippen LogP contribution in [0.25, 0.3) is 33.3 Å². The van der Waals surface area contributed by atoms with Crippen molar-refractivity contribution in [3.05, 3.63) is 53.9 Å². The Balaban J connectivity index is 1.91. The predicted octanol–water partition coefficient (Wildman–Crippen LogP) is 5.21. The van der Waals surface area contributed by atoms with Crippen molar-refractivity contribution >= 4 is 35.3 Å².